The molecule has 0 saturated heterocycles. The van der Waals surface area contributed by atoms with Crippen LogP contribution in [0.25, 0.3) is 0 Å². The molecule has 2 aliphatic rings. The fourth-order valence-corrected chi connectivity index (χ4v) is 3.99. The van der Waals surface area contributed by atoms with E-state index in [1.54, 1.807) is 0 Å². The van der Waals surface area contributed by atoms with Crippen LogP contribution in [-0.2, 0) is 4.74 Å². The zero-order valence-electron chi connectivity index (χ0n) is 12.2. The number of ether oxygens (including phenoxy) is 1. The molecule has 0 heterocycles. The molecule has 0 aliphatic heterocycles. The van der Waals surface area contributed by atoms with Crippen LogP contribution in [0.5, 0.6) is 0 Å². The smallest absolute Gasteiger partial charge is 0.0942 e. The third kappa shape index (κ3) is 3.08. The van der Waals surface area contributed by atoms with E-state index in [9.17, 15) is 5.11 Å². The number of rotatable bonds is 4. The molecule has 0 spiro atoms. The normalized spacial score (nSPS) is 34.2. The van der Waals surface area contributed by atoms with Crippen LogP contribution >= 0.6 is 0 Å². The maximum absolute atomic E-state index is 10.8. The Kier molecular flexibility index (Phi) is 5.08. The van der Waals surface area contributed by atoms with Gasteiger partial charge in [0.05, 0.1) is 11.7 Å². The van der Waals surface area contributed by atoms with E-state index in [1.807, 2.05) is 0 Å². The molecule has 0 radical (unpaired) electrons. The summed E-state index contributed by atoms with van der Waals surface area (Å²) in [5.74, 6) is 1.33. The average Bonchev–Trinajstić information content (AvgIpc) is 2.40. The standard InChI is InChI=1S/C16H30O2/c1-3-18-16(11-5-4-6-12-16)15(17)14-9-7-13(2)8-10-14/h13-15,17H,3-12H2,1-2H3. The summed E-state index contributed by atoms with van der Waals surface area (Å²) in [5, 5.41) is 10.8. The molecular formula is C16H30O2. The second-order valence-corrected chi connectivity index (χ2v) is 6.52. The van der Waals surface area contributed by atoms with Gasteiger partial charge in [0.15, 0.2) is 0 Å². The SMILES string of the molecule is CCOC1(C(O)C2CCC(C)CC2)CCCCC1. The first-order chi connectivity index (χ1) is 8.68. The van der Waals surface area contributed by atoms with E-state index in [4.69, 9.17) is 4.74 Å². The summed E-state index contributed by atoms with van der Waals surface area (Å²) in [6.45, 7) is 5.13. The van der Waals surface area contributed by atoms with Gasteiger partial charge in [-0.3, -0.25) is 0 Å². The van der Waals surface area contributed by atoms with E-state index in [0.717, 1.165) is 25.4 Å². The highest BCUT2D eigenvalue weighted by molar-refractivity contribution is 4.95. The van der Waals surface area contributed by atoms with E-state index in [1.165, 1.54) is 44.9 Å². The van der Waals surface area contributed by atoms with E-state index in [0.29, 0.717) is 5.92 Å². The van der Waals surface area contributed by atoms with Crippen molar-refractivity contribution in [3.8, 4) is 0 Å². The Bertz CT molecular complexity index is 232. The van der Waals surface area contributed by atoms with Crippen LogP contribution in [0.4, 0.5) is 0 Å². The molecule has 2 aliphatic carbocycles. The Balaban J connectivity index is 2.00. The zero-order chi connectivity index (χ0) is 13.0. The molecule has 0 bridgehead atoms. The van der Waals surface area contributed by atoms with Gasteiger partial charge in [-0.05, 0) is 44.4 Å². The minimum atomic E-state index is -0.231. The van der Waals surface area contributed by atoms with E-state index in [2.05, 4.69) is 13.8 Å². The third-order valence-corrected chi connectivity index (χ3v) is 5.18. The highest BCUT2D eigenvalue weighted by Crippen LogP contribution is 2.41. The molecule has 1 unspecified atom stereocenters. The summed E-state index contributed by atoms with van der Waals surface area (Å²) < 4.78 is 6.06. The lowest BCUT2D eigenvalue weighted by Gasteiger charge is -2.45. The third-order valence-electron chi connectivity index (χ3n) is 5.18. The molecule has 0 aromatic carbocycles. The highest BCUT2D eigenvalue weighted by Gasteiger charge is 2.43. The Labute approximate surface area is 112 Å². The maximum Gasteiger partial charge on any atom is 0.0942 e. The van der Waals surface area contributed by atoms with Crippen molar-refractivity contribution in [3.05, 3.63) is 0 Å². The number of hydrogen-bond acceptors (Lipinski definition) is 2. The van der Waals surface area contributed by atoms with Crippen LogP contribution in [0.3, 0.4) is 0 Å². The van der Waals surface area contributed by atoms with Crippen molar-refractivity contribution in [3.63, 3.8) is 0 Å². The first kappa shape index (κ1) is 14.3. The number of hydrogen-bond donors (Lipinski definition) is 1. The van der Waals surface area contributed by atoms with Crippen molar-refractivity contribution in [1.29, 1.82) is 0 Å². The molecule has 2 rings (SSSR count). The second kappa shape index (κ2) is 6.38. The lowest BCUT2D eigenvalue weighted by molar-refractivity contribution is -0.161. The minimum absolute atomic E-state index is 0.210. The van der Waals surface area contributed by atoms with Gasteiger partial charge < -0.3 is 9.84 Å². The van der Waals surface area contributed by atoms with Crippen LogP contribution in [0, 0.1) is 11.8 Å². The van der Waals surface area contributed by atoms with Gasteiger partial charge in [-0.15, -0.1) is 0 Å². The molecular weight excluding hydrogens is 224 g/mol. The topological polar surface area (TPSA) is 29.5 Å². The van der Waals surface area contributed by atoms with Crippen LogP contribution in [0.2, 0.25) is 0 Å². The van der Waals surface area contributed by atoms with E-state index in [-0.39, 0.29) is 11.7 Å². The quantitative estimate of drug-likeness (QED) is 0.824. The Hall–Kier alpha value is -0.0800. The van der Waals surface area contributed by atoms with E-state index >= 15 is 0 Å². The number of aliphatic hydroxyl groups is 1. The lowest BCUT2D eigenvalue weighted by Crippen LogP contribution is -2.50. The van der Waals surface area contributed by atoms with Crippen molar-refractivity contribution in [1.82, 2.24) is 0 Å². The molecule has 18 heavy (non-hydrogen) atoms. The summed E-state index contributed by atoms with van der Waals surface area (Å²) in [6, 6.07) is 0. The van der Waals surface area contributed by atoms with Crippen LogP contribution in [0.15, 0.2) is 0 Å². The first-order valence-corrected chi connectivity index (χ1v) is 8.00. The largest absolute Gasteiger partial charge is 0.390 e. The van der Waals surface area contributed by atoms with E-state index < -0.39 is 0 Å². The van der Waals surface area contributed by atoms with Crippen molar-refractivity contribution in [2.75, 3.05) is 6.61 Å². The Morgan fingerprint density at radius 2 is 1.72 bits per heavy atom. The van der Waals surface area contributed by atoms with Crippen molar-refractivity contribution < 1.29 is 9.84 Å². The molecule has 0 aromatic rings. The predicted molar refractivity (Wildman–Crippen MR) is 74.6 cm³/mol. The summed E-state index contributed by atoms with van der Waals surface area (Å²) in [6.07, 6.45) is 10.6. The van der Waals surface area contributed by atoms with Crippen LogP contribution < -0.4 is 0 Å². The summed E-state index contributed by atoms with van der Waals surface area (Å²) in [7, 11) is 0. The molecule has 0 aromatic heterocycles. The van der Waals surface area contributed by atoms with Gasteiger partial charge in [0, 0.05) is 6.61 Å². The molecule has 106 valence electrons. The van der Waals surface area contributed by atoms with Gasteiger partial charge in [-0.25, -0.2) is 0 Å². The Morgan fingerprint density at radius 3 is 2.28 bits per heavy atom. The Morgan fingerprint density at radius 1 is 1.11 bits per heavy atom. The molecule has 1 N–H and O–H groups in total. The van der Waals surface area contributed by atoms with Gasteiger partial charge >= 0.3 is 0 Å². The molecule has 0 amide bonds. The van der Waals surface area contributed by atoms with Crippen LogP contribution in [0.1, 0.15) is 71.6 Å². The van der Waals surface area contributed by atoms with Gasteiger partial charge in [-0.2, -0.15) is 0 Å². The summed E-state index contributed by atoms with van der Waals surface area (Å²) >= 11 is 0. The maximum atomic E-state index is 10.8. The fourth-order valence-electron chi connectivity index (χ4n) is 3.99. The zero-order valence-corrected chi connectivity index (χ0v) is 12.2. The molecule has 2 nitrogen and oxygen atoms in total. The highest BCUT2D eigenvalue weighted by atomic mass is 16.5. The fraction of sp³-hybridized carbons (Fsp3) is 1.00. The summed E-state index contributed by atoms with van der Waals surface area (Å²) in [5.41, 5.74) is -0.210. The van der Waals surface area contributed by atoms with Gasteiger partial charge in [-0.1, -0.05) is 39.0 Å². The van der Waals surface area contributed by atoms with Gasteiger partial charge in [0.2, 0.25) is 0 Å². The first-order valence-electron chi connectivity index (χ1n) is 8.00. The molecule has 1 atom stereocenters. The second-order valence-electron chi connectivity index (χ2n) is 6.52. The molecule has 2 saturated carbocycles. The van der Waals surface area contributed by atoms with Gasteiger partial charge in [0.1, 0.15) is 0 Å². The van der Waals surface area contributed by atoms with Crippen molar-refractivity contribution >= 4 is 0 Å². The average molecular weight is 254 g/mol. The molecule has 2 fully saturated rings. The lowest BCUT2D eigenvalue weighted by atomic mass is 9.71. The molecule has 2 heteroatoms. The van der Waals surface area contributed by atoms with Crippen LogP contribution in [-0.4, -0.2) is 23.4 Å². The number of aliphatic hydroxyl groups excluding tert-OH is 1. The summed E-state index contributed by atoms with van der Waals surface area (Å²) in [4.78, 5) is 0. The van der Waals surface area contributed by atoms with Crippen molar-refractivity contribution in [2.24, 2.45) is 11.8 Å². The minimum Gasteiger partial charge on any atom is -0.390 e. The van der Waals surface area contributed by atoms with Gasteiger partial charge in [0.25, 0.3) is 0 Å². The monoisotopic (exact) mass is 254 g/mol. The predicted octanol–water partition coefficient (Wildman–Crippen LogP) is 3.91. The van der Waals surface area contributed by atoms with Crippen molar-refractivity contribution in [2.45, 2.75) is 83.3 Å².